The number of hydrogen-bond acceptors (Lipinski definition) is 3. The zero-order valence-corrected chi connectivity index (χ0v) is 9.10. The van der Waals surface area contributed by atoms with Crippen molar-refractivity contribution >= 4 is 5.97 Å². The molecule has 0 radical (unpaired) electrons. The Balaban J connectivity index is 2.15. The highest BCUT2D eigenvalue weighted by molar-refractivity contribution is 5.71. The molecule has 82 valence electrons. The summed E-state index contributed by atoms with van der Waals surface area (Å²) in [6.07, 6.45) is 0. The summed E-state index contributed by atoms with van der Waals surface area (Å²) in [5.74, 6) is 0.520. The SMILES string of the molecule is CC(C)C(=O)OCCOc1ccccc1. The van der Waals surface area contributed by atoms with Gasteiger partial charge in [0.1, 0.15) is 19.0 Å². The van der Waals surface area contributed by atoms with Crippen molar-refractivity contribution in [1.82, 2.24) is 0 Å². The fourth-order valence-electron chi connectivity index (χ4n) is 0.985. The van der Waals surface area contributed by atoms with Crippen LogP contribution in [0.3, 0.4) is 0 Å². The van der Waals surface area contributed by atoms with Crippen LogP contribution in [0.15, 0.2) is 30.3 Å². The van der Waals surface area contributed by atoms with Crippen LogP contribution in [0.4, 0.5) is 0 Å². The van der Waals surface area contributed by atoms with Crippen molar-refractivity contribution in [3.05, 3.63) is 30.3 Å². The number of benzene rings is 1. The maximum absolute atomic E-state index is 11.1. The van der Waals surface area contributed by atoms with Gasteiger partial charge in [-0.05, 0) is 12.1 Å². The van der Waals surface area contributed by atoms with Gasteiger partial charge in [-0.1, -0.05) is 32.0 Å². The topological polar surface area (TPSA) is 35.5 Å². The van der Waals surface area contributed by atoms with Crippen molar-refractivity contribution < 1.29 is 14.3 Å². The Bertz CT molecular complexity index is 293. The van der Waals surface area contributed by atoms with Crippen LogP contribution in [-0.2, 0) is 9.53 Å². The van der Waals surface area contributed by atoms with Crippen molar-refractivity contribution in [2.24, 2.45) is 5.92 Å². The van der Waals surface area contributed by atoms with E-state index < -0.39 is 0 Å². The molecule has 3 nitrogen and oxygen atoms in total. The number of esters is 1. The number of rotatable bonds is 5. The molecule has 0 unspecified atom stereocenters. The van der Waals surface area contributed by atoms with Gasteiger partial charge in [0.05, 0.1) is 5.92 Å². The zero-order chi connectivity index (χ0) is 11.1. The minimum absolute atomic E-state index is 0.0817. The lowest BCUT2D eigenvalue weighted by Crippen LogP contribution is -2.16. The second-order valence-corrected chi connectivity index (χ2v) is 3.48. The fraction of sp³-hybridized carbons (Fsp3) is 0.417. The van der Waals surface area contributed by atoms with Gasteiger partial charge < -0.3 is 9.47 Å². The van der Waals surface area contributed by atoms with E-state index in [0.717, 1.165) is 5.75 Å². The van der Waals surface area contributed by atoms with E-state index in [4.69, 9.17) is 9.47 Å². The van der Waals surface area contributed by atoms with E-state index in [0.29, 0.717) is 13.2 Å². The maximum Gasteiger partial charge on any atom is 0.308 e. The highest BCUT2D eigenvalue weighted by atomic mass is 16.6. The zero-order valence-electron chi connectivity index (χ0n) is 9.10. The highest BCUT2D eigenvalue weighted by Gasteiger charge is 2.07. The summed E-state index contributed by atoms with van der Waals surface area (Å²) < 4.78 is 10.3. The molecule has 1 aromatic rings. The molecular weight excluding hydrogens is 192 g/mol. The van der Waals surface area contributed by atoms with E-state index in [2.05, 4.69) is 0 Å². The summed E-state index contributed by atoms with van der Waals surface area (Å²) in [6, 6.07) is 9.45. The molecule has 0 spiro atoms. The molecule has 15 heavy (non-hydrogen) atoms. The standard InChI is InChI=1S/C12H16O3/c1-10(2)12(13)15-9-8-14-11-6-4-3-5-7-11/h3-7,10H,8-9H2,1-2H3. The molecule has 0 heterocycles. The second kappa shape index (κ2) is 6.06. The first-order chi connectivity index (χ1) is 7.20. The van der Waals surface area contributed by atoms with Crippen LogP contribution in [-0.4, -0.2) is 19.2 Å². The Morgan fingerprint density at radius 2 is 1.87 bits per heavy atom. The Hall–Kier alpha value is -1.51. The molecule has 0 saturated carbocycles. The molecule has 0 fully saturated rings. The maximum atomic E-state index is 11.1. The lowest BCUT2D eigenvalue weighted by Gasteiger charge is -2.08. The second-order valence-electron chi connectivity index (χ2n) is 3.48. The van der Waals surface area contributed by atoms with Gasteiger partial charge >= 0.3 is 5.97 Å². The summed E-state index contributed by atoms with van der Waals surface area (Å²) in [7, 11) is 0. The summed E-state index contributed by atoms with van der Waals surface area (Å²) in [5, 5.41) is 0. The van der Waals surface area contributed by atoms with Crippen molar-refractivity contribution in [3.8, 4) is 5.75 Å². The lowest BCUT2D eigenvalue weighted by atomic mass is 10.2. The average molecular weight is 208 g/mol. The van der Waals surface area contributed by atoms with Crippen LogP contribution in [0.2, 0.25) is 0 Å². The van der Waals surface area contributed by atoms with Crippen LogP contribution in [0.25, 0.3) is 0 Å². The monoisotopic (exact) mass is 208 g/mol. The first kappa shape index (κ1) is 11.6. The summed E-state index contributed by atoms with van der Waals surface area (Å²) in [5.41, 5.74) is 0. The van der Waals surface area contributed by atoms with Crippen LogP contribution >= 0.6 is 0 Å². The molecular formula is C12H16O3. The molecule has 0 saturated heterocycles. The van der Waals surface area contributed by atoms with Crippen molar-refractivity contribution in [2.45, 2.75) is 13.8 Å². The van der Waals surface area contributed by atoms with Gasteiger partial charge in [0, 0.05) is 0 Å². The van der Waals surface area contributed by atoms with Gasteiger partial charge in [-0.25, -0.2) is 0 Å². The van der Waals surface area contributed by atoms with E-state index in [9.17, 15) is 4.79 Å². The lowest BCUT2D eigenvalue weighted by molar-refractivity contribution is -0.148. The van der Waals surface area contributed by atoms with Crippen LogP contribution in [0.5, 0.6) is 5.75 Å². The number of ether oxygens (including phenoxy) is 2. The molecule has 1 rings (SSSR count). The summed E-state index contributed by atoms with van der Waals surface area (Å²) in [4.78, 5) is 11.1. The number of para-hydroxylation sites is 1. The quantitative estimate of drug-likeness (QED) is 0.550. The van der Waals surface area contributed by atoms with E-state index in [1.165, 1.54) is 0 Å². The van der Waals surface area contributed by atoms with Crippen LogP contribution < -0.4 is 4.74 Å². The van der Waals surface area contributed by atoms with E-state index >= 15 is 0 Å². The molecule has 1 aromatic carbocycles. The van der Waals surface area contributed by atoms with Gasteiger partial charge in [-0.2, -0.15) is 0 Å². The first-order valence-electron chi connectivity index (χ1n) is 5.04. The molecule has 0 N–H and O–H groups in total. The summed E-state index contributed by atoms with van der Waals surface area (Å²) in [6.45, 7) is 4.30. The highest BCUT2D eigenvalue weighted by Crippen LogP contribution is 2.07. The Morgan fingerprint density at radius 1 is 1.20 bits per heavy atom. The van der Waals surface area contributed by atoms with Crippen LogP contribution in [0, 0.1) is 5.92 Å². The smallest absolute Gasteiger partial charge is 0.308 e. The molecule has 0 amide bonds. The Labute approximate surface area is 90.0 Å². The van der Waals surface area contributed by atoms with Crippen molar-refractivity contribution in [3.63, 3.8) is 0 Å². The van der Waals surface area contributed by atoms with Gasteiger partial charge in [0.15, 0.2) is 0 Å². The molecule has 0 aliphatic carbocycles. The number of carbonyl (C=O) groups is 1. The third-order valence-corrected chi connectivity index (χ3v) is 1.81. The molecule has 0 atom stereocenters. The van der Waals surface area contributed by atoms with Gasteiger partial charge in [-0.15, -0.1) is 0 Å². The molecule has 0 aliphatic rings. The van der Waals surface area contributed by atoms with E-state index in [-0.39, 0.29) is 11.9 Å². The first-order valence-corrected chi connectivity index (χ1v) is 5.04. The molecule has 0 aromatic heterocycles. The molecule has 3 heteroatoms. The number of carbonyl (C=O) groups excluding carboxylic acids is 1. The van der Waals surface area contributed by atoms with E-state index in [1.807, 2.05) is 30.3 Å². The molecule has 0 aliphatic heterocycles. The minimum atomic E-state index is -0.188. The van der Waals surface area contributed by atoms with E-state index in [1.54, 1.807) is 13.8 Å². The minimum Gasteiger partial charge on any atom is -0.490 e. The predicted octanol–water partition coefficient (Wildman–Crippen LogP) is 2.26. The van der Waals surface area contributed by atoms with Crippen molar-refractivity contribution in [2.75, 3.05) is 13.2 Å². The average Bonchev–Trinajstić information content (AvgIpc) is 2.25. The van der Waals surface area contributed by atoms with Crippen LogP contribution in [0.1, 0.15) is 13.8 Å². The molecule has 0 bridgehead atoms. The normalized spacial score (nSPS) is 10.1. The predicted molar refractivity (Wildman–Crippen MR) is 57.7 cm³/mol. The largest absolute Gasteiger partial charge is 0.490 e. The fourth-order valence-corrected chi connectivity index (χ4v) is 0.985. The van der Waals surface area contributed by atoms with Crippen molar-refractivity contribution in [1.29, 1.82) is 0 Å². The Morgan fingerprint density at radius 3 is 2.47 bits per heavy atom. The number of hydrogen-bond donors (Lipinski definition) is 0. The Kier molecular flexibility index (Phi) is 4.68. The van der Waals surface area contributed by atoms with Gasteiger partial charge in [0.2, 0.25) is 0 Å². The third-order valence-electron chi connectivity index (χ3n) is 1.81. The summed E-state index contributed by atoms with van der Waals surface area (Å²) >= 11 is 0. The van der Waals surface area contributed by atoms with Gasteiger partial charge in [0.25, 0.3) is 0 Å². The van der Waals surface area contributed by atoms with Gasteiger partial charge in [-0.3, -0.25) is 4.79 Å². The third kappa shape index (κ3) is 4.49.